The molecule has 0 aromatic carbocycles. The standard InChI is InChI=1S/C13H21F3N2O2/c1-3-10(17)12(11-5-4-9(2)20-11)18(6-7-19)8-13(14,15)16/h4-5,10,12,19H,3,6-8,17H2,1-2H3. The highest BCUT2D eigenvalue weighted by Crippen LogP contribution is 2.29. The molecule has 0 fully saturated rings. The van der Waals surface area contributed by atoms with Gasteiger partial charge in [0.05, 0.1) is 19.2 Å². The number of aliphatic hydroxyl groups excluding tert-OH is 1. The van der Waals surface area contributed by atoms with Gasteiger partial charge in [0, 0.05) is 12.6 Å². The molecule has 0 bridgehead atoms. The van der Waals surface area contributed by atoms with E-state index in [1.54, 1.807) is 26.0 Å². The number of aliphatic hydroxyl groups is 1. The van der Waals surface area contributed by atoms with Crippen LogP contribution in [0.15, 0.2) is 16.5 Å². The summed E-state index contributed by atoms with van der Waals surface area (Å²) in [5.41, 5.74) is 5.96. The van der Waals surface area contributed by atoms with Crippen LogP contribution < -0.4 is 5.73 Å². The van der Waals surface area contributed by atoms with Gasteiger partial charge in [-0.05, 0) is 25.5 Å². The highest BCUT2D eigenvalue weighted by molar-refractivity contribution is 5.12. The fraction of sp³-hybridized carbons (Fsp3) is 0.692. The molecule has 2 atom stereocenters. The van der Waals surface area contributed by atoms with Crippen LogP contribution in [0.25, 0.3) is 0 Å². The second kappa shape index (κ2) is 7.10. The predicted octanol–water partition coefficient (Wildman–Crippen LogP) is 2.22. The molecule has 0 aliphatic rings. The Labute approximate surface area is 116 Å². The largest absolute Gasteiger partial charge is 0.465 e. The molecule has 7 heteroatoms. The fourth-order valence-electron chi connectivity index (χ4n) is 2.17. The number of halogens is 3. The highest BCUT2D eigenvalue weighted by atomic mass is 19.4. The van der Waals surface area contributed by atoms with Crippen LogP contribution in [0.3, 0.4) is 0 Å². The average Bonchev–Trinajstić information content (AvgIpc) is 2.74. The van der Waals surface area contributed by atoms with E-state index in [0.29, 0.717) is 17.9 Å². The summed E-state index contributed by atoms with van der Waals surface area (Å²) in [5, 5.41) is 9.01. The maximum atomic E-state index is 12.7. The van der Waals surface area contributed by atoms with Gasteiger partial charge in [-0.3, -0.25) is 4.90 Å². The van der Waals surface area contributed by atoms with Gasteiger partial charge < -0.3 is 15.3 Å². The molecule has 0 aliphatic heterocycles. The third kappa shape index (κ3) is 4.81. The lowest BCUT2D eigenvalue weighted by Gasteiger charge is -2.34. The van der Waals surface area contributed by atoms with Gasteiger partial charge >= 0.3 is 6.18 Å². The minimum Gasteiger partial charge on any atom is -0.465 e. The molecule has 0 amide bonds. The maximum absolute atomic E-state index is 12.7. The van der Waals surface area contributed by atoms with Crippen molar-refractivity contribution in [2.45, 2.75) is 38.5 Å². The molecule has 20 heavy (non-hydrogen) atoms. The van der Waals surface area contributed by atoms with Crippen molar-refractivity contribution in [3.8, 4) is 0 Å². The smallest absolute Gasteiger partial charge is 0.401 e. The Hall–Kier alpha value is -1.05. The van der Waals surface area contributed by atoms with Gasteiger partial charge in [-0.2, -0.15) is 13.2 Å². The van der Waals surface area contributed by atoms with E-state index in [1.165, 1.54) is 0 Å². The summed E-state index contributed by atoms with van der Waals surface area (Å²) in [5.74, 6) is 1.01. The Kier molecular flexibility index (Phi) is 6.04. The average molecular weight is 294 g/mol. The quantitative estimate of drug-likeness (QED) is 0.809. The van der Waals surface area contributed by atoms with E-state index < -0.39 is 24.8 Å². The van der Waals surface area contributed by atoms with Crippen LogP contribution in [0.5, 0.6) is 0 Å². The summed E-state index contributed by atoms with van der Waals surface area (Å²) in [6.45, 7) is 1.91. The Balaban J connectivity index is 3.04. The van der Waals surface area contributed by atoms with Gasteiger partial charge in [0.1, 0.15) is 11.5 Å². The van der Waals surface area contributed by atoms with Crippen LogP contribution in [0.2, 0.25) is 0 Å². The summed E-state index contributed by atoms with van der Waals surface area (Å²) in [6.07, 6.45) is -3.85. The maximum Gasteiger partial charge on any atom is 0.401 e. The molecule has 1 aromatic heterocycles. The van der Waals surface area contributed by atoms with Crippen LogP contribution in [-0.4, -0.2) is 41.9 Å². The van der Waals surface area contributed by atoms with E-state index in [1.807, 2.05) is 0 Å². The van der Waals surface area contributed by atoms with E-state index in [2.05, 4.69) is 0 Å². The van der Waals surface area contributed by atoms with Gasteiger partial charge in [-0.15, -0.1) is 0 Å². The van der Waals surface area contributed by atoms with Gasteiger partial charge in [0.15, 0.2) is 0 Å². The van der Waals surface area contributed by atoms with Crippen molar-refractivity contribution in [2.24, 2.45) is 5.73 Å². The second-order valence-electron chi connectivity index (χ2n) is 4.77. The summed E-state index contributed by atoms with van der Waals surface area (Å²) >= 11 is 0. The molecule has 0 saturated carbocycles. The molecule has 1 heterocycles. The van der Waals surface area contributed by atoms with Crippen molar-refractivity contribution >= 4 is 0 Å². The van der Waals surface area contributed by atoms with Crippen molar-refractivity contribution in [1.82, 2.24) is 4.90 Å². The predicted molar refractivity (Wildman–Crippen MR) is 69.2 cm³/mol. The number of nitrogens with two attached hydrogens (primary N) is 1. The van der Waals surface area contributed by atoms with E-state index in [9.17, 15) is 13.2 Å². The van der Waals surface area contributed by atoms with Crippen molar-refractivity contribution in [3.05, 3.63) is 23.7 Å². The molecule has 0 radical (unpaired) electrons. The second-order valence-corrected chi connectivity index (χ2v) is 4.77. The van der Waals surface area contributed by atoms with E-state index in [0.717, 1.165) is 4.90 Å². The molecule has 0 aliphatic carbocycles. The zero-order chi connectivity index (χ0) is 15.3. The van der Waals surface area contributed by atoms with Crippen molar-refractivity contribution in [1.29, 1.82) is 0 Å². The number of furan rings is 1. The van der Waals surface area contributed by atoms with Crippen LogP contribution in [-0.2, 0) is 0 Å². The van der Waals surface area contributed by atoms with Gasteiger partial charge in [0.2, 0.25) is 0 Å². The molecule has 2 unspecified atom stereocenters. The number of aryl methyl sites for hydroxylation is 1. The minimum absolute atomic E-state index is 0.113. The number of alkyl halides is 3. The molecule has 116 valence electrons. The Bertz CT molecular complexity index is 407. The molecule has 1 rings (SSSR count). The third-order valence-corrected chi connectivity index (χ3v) is 3.09. The van der Waals surface area contributed by atoms with Gasteiger partial charge in [-0.25, -0.2) is 0 Å². The lowest BCUT2D eigenvalue weighted by molar-refractivity contribution is -0.154. The lowest BCUT2D eigenvalue weighted by atomic mass is 10.0. The lowest BCUT2D eigenvalue weighted by Crippen LogP contribution is -2.46. The van der Waals surface area contributed by atoms with Crippen LogP contribution >= 0.6 is 0 Å². The van der Waals surface area contributed by atoms with Crippen molar-refractivity contribution < 1.29 is 22.7 Å². The van der Waals surface area contributed by atoms with Crippen LogP contribution in [0.1, 0.15) is 30.9 Å². The first-order chi connectivity index (χ1) is 9.28. The minimum atomic E-state index is -4.36. The molecular formula is C13H21F3N2O2. The zero-order valence-corrected chi connectivity index (χ0v) is 11.7. The molecule has 0 saturated heterocycles. The van der Waals surface area contributed by atoms with Gasteiger partial charge in [-0.1, -0.05) is 6.92 Å². The van der Waals surface area contributed by atoms with Crippen LogP contribution in [0, 0.1) is 6.92 Å². The van der Waals surface area contributed by atoms with Crippen molar-refractivity contribution in [3.63, 3.8) is 0 Å². The molecule has 3 N–H and O–H groups in total. The van der Waals surface area contributed by atoms with Gasteiger partial charge in [0.25, 0.3) is 0 Å². The topological polar surface area (TPSA) is 62.6 Å². The summed E-state index contributed by atoms with van der Waals surface area (Å²) in [4.78, 5) is 1.12. The van der Waals surface area contributed by atoms with E-state index >= 15 is 0 Å². The first kappa shape index (κ1) is 17.0. The number of rotatable bonds is 7. The first-order valence-electron chi connectivity index (χ1n) is 6.52. The highest BCUT2D eigenvalue weighted by Gasteiger charge is 2.37. The van der Waals surface area contributed by atoms with Crippen molar-refractivity contribution in [2.75, 3.05) is 19.7 Å². The molecule has 0 spiro atoms. The first-order valence-corrected chi connectivity index (χ1v) is 6.52. The Morgan fingerprint density at radius 3 is 2.45 bits per heavy atom. The normalized spacial score (nSPS) is 15.6. The number of hydrogen-bond donors (Lipinski definition) is 2. The fourth-order valence-corrected chi connectivity index (χ4v) is 2.17. The summed E-state index contributed by atoms with van der Waals surface area (Å²) < 4.78 is 43.5. The zero-order valence-electron chi connectivity index (χ0n) is 11.7. The van der Waals surface area contributed by atoms with E-state index in [-0.39, 0.29) is 13.2 Å². The monoisotopic (exact) mass is 294 g/mol. The number of nitrogens with zero attached hydrogens (tertiary/aromatic N) is 1. The SMILES string of the molecule is CCC(N)C(c1ccc(C)o1)N(CCO)CC(F)(F)F. The van der Waals surface area contributed by atoms with E-state index in [4.69, 9.17) is 15.3 Å². The Morgan fingerprint density at radius 2 is 2.05 bits per heavy atom. The molecule has 4 nitrogen and oxygen atoms in total. The molecule has 1 aromatic rings. The third-order valence-electron chi connectivity index (χ3n) is 3.09. The van der Waals surface area contributed by atoms with Crippen LogP contribution in [0.4, 0.5) is 13.2 Å². The summed E-state index contributed by atoms with van der Waals surface area (Å²) in [7, 11) is 0. The molecular weight excluding hydrogens is 273 g/mol. The summed E-state index contributed by atoms with van der Waals surface area (Å²) in [6, 6.07) is 2.11. The number of hydrogen-bond acceptors (Lipinski definition) is 4. The Morgan fingerprint density at radius 1 is 1.40 bits per heavy atom.